The second-order valence-electron chi connectivity index (χ2n) is 4.20. The number of hydrogen-bond acceptors (Lipinski definition) is 5. The minimum Gasteiger partial charge on any atom is -0.493 e. The van der Waals surface area contributed by atoms with Crippen LogP contribution in [0.25, 0.3) is 0 Å². The molecule has 0 aliphatic rings. The number of nitrogens with one attached hydrogen (secondary N) is 1. The highest BCUT2D eigenvalue weighted by Gasteiger charge is 2.19. The summed E-state index contributed by atoms with van der Waals surface area (Å²) in [6, 6.07) is 0. The van der Waals surface area contributed by atoms with Gasteiger partial charge in [0, 0.05) is 13.1 Å². The number of aromatic nitrogens is 2. The van der Waals surface area contributed by atoms with Crippen molar-refractivity contribution in [3.05, 3.63) is 11.9 Å². The summed E-state index contributed by atoms with van der Waals surface area (Å²) in [5, 5.41) is 17.2. The first-order valence-electron chi connectivity index (χ1n) is 5.67. The van der Waals surface area contributed by atoms with Crippen molar-refractivity contribution in [1.82, 2.24) is 20.0 Å². The lowest BCUT2D eigenvalue weighted by atomic mass is 10.2. The Labute approximate surface area is 102 Å². The van der Waals surface area contributed by atoms with Crippen LogP contribution in [-0.4, -0.2) is 61.1 Å². The molecule has 0 amide bonds. The maximum Gasteiger partial charge on any atom is 0.162 e. The zero-order valence-electron chi connectivity index (χ0n) is 11.0. The van der Waals surface area contributed by atoms with Crippen molar-refractivity contribution in [3.8, 4) is 5.75 Å². The van der Waals surface area contributed by atoms with Crippen LogP contribution in [0.1, 0.15) is 11.8 Å². The molecular formula is C11H22N4O2. The fraction of sp³-hybridized carbons (Fsp3) is 0.727. The lowest BCUT2D eigenvalue weighted by molar-refractivity contribution is 0.161. The molecule has 0 saturated carbocycles. The maximum atomic E-state index is 10.1. The van der Waals surface area contributed by atoms with Gasteiger partial charge >= 0.3 is 0 Å². The molecule has 1 unspecified atom stereocenters. The van der Waals surface area contributed by atoms with E-state index in [-0.39, 0.29) is 0 Å². The summed E-state index contributed by atoms with van der Waals surface area (Å²) >= 11 is 0. The van der Waals surface area contributed by atoms with Gasteiger partial charge < -0.3 is 20.1 Å². The Balaban J connectivity index is 2.85. The van der Waals surface area contributed by atoms with Crippen LogP contribution >= 0.6 is 0 Å². The van der Waals surface area contributed by atoms with Gasteiger partial charge in [0.05, 0.1) is 19.9 Å². The molecule has 1 aromatic heterocycles. The van der Waals surface area contributed by atoms with Crippen LogP contribution in [0.5, 0.6) is 5.75 Å². The Hall–Kier alpha value is -1.11. The number of hydrogen-bond donors (Lipinski definition) is 2. The fourth-order valence-electron chi connectivity index (χ4n) is 1.63. The molecule has 0 aliphatic carbocycles. The molecule has 0 saturated heterocycles. The molecule has 0 bridgehead atoms. The van der Waals surface area contributed by atoms with E-state index in [2.05, 4.69) is 15.3 Å². The van der Waals surface area contributed by atoms with Crippen LogP contribution in [0.15, 0.2) is 6.20 Å². The van der Waals surface area contributed by atoms with E-state index in [1.54, 1.807) is 25.0 Å². The number of aliphatic hydroxyl groups is 1. The van der Waals surface area contributed by atoms with Crippen molar-refractivity contribution in [2.45, 2.75) is 12.6 Å². The molecule has 17 heavy (non-hydrogen) atoms. The van der Waals surface area contributed by atoms with E-state index in [1.807, 2.05) is 14.1 Å². The van der Waals surface area contributed by atoms with Crippen molar-refractivity contribution in [1.29, 1.82) is 0 Å². The molecule has 0 aromatic carbocycles. The summed E-state index contributed by atoms with van der Waals surface area (Å²) < 4.78 is 7.01. The highest BCUT2D eigenvalue weighted by atomic mass is 16.5. The summed E-state index contributed by atoms with van der Waals surface area (Å²) in [5.74, 6) is 0.631. The standard InChI is InChI=1S/C11H22N4O2/c1-12-7-9(16)11-10(17-4)8-13-15(11)6-5-14(2)3/h8-9,12,16H,5-7H2,1-4H3. The van der Waals surface area contributed by atoms with Crippen LogP contribution in [0.3, 0.4) is 0 Å². The Kier molecular flexibility index (Phi) is 5.40. The average molecular weight is 242 g/mol. The first kappa shape index (κ1) is 14.0. The van der Waals surface area contributed by atoms with Crippen molar-refractivity contribution < 1.29 is 9.84 Å². The van der Waals surface area contributed by atoms with E-state index in [0.29, 0.717) is 12.3 Å². The van der Waals surface area contributed by atoms with Gasteiger partial charge in [-0.2, -0.15) is 5.10 Å². The smallest absolute Gasteiger partial charge is 0.162 e. The van der Waals surface area contributed by atoms with Gasteiger partial charge in [0.25, 0.3) is 0 Å². The van der Waals surface area contributed by atoms with E-state index in [0.717, 1.165) is 18.8 Å². The summed E-state index contributed by atoms with van der Waals surface area (Å²) in [6.07, 6.45) is 1.03. The van der Waals surface area contributed by atoms with Gasteiger partial charge in [-0.3, -0.25) is 4.68 Å². The highest BCUT2D eigenvalue weighted by molar-refractivity contribution is 5.27. The number of nitrogens with zero attached hydrogens (tertiary/aromatic N) is 3. The normalized spacial score (nSPS) is 13.1. The summed E-state index contributed by atoms with van der Waals surface area (Å²) in [5.41, 5.74) is 0.726. The van der Waals surface area contributed by atoms with Crippen molar-refractivity contribution in [2.24, 2.45) is 0 Å². The number of rotatable bonds is 7. The van der Waals surface area contributed by atoms with Gasteiger partial charge in [-0.1, -0.05) is 0 Å². The minimum absolute atomic E-state index is 0.476. The van der Waals surface area contributed by atoms with Crippen LogP contribution < -0.4 is 10.1 Å². The quantitative estimate of drug-likeness (QED) is 0.688. The van der Waals surface area contributed by atoms with Gasteiger partial charge in [-0.15, -0.1) is 0 Å². The lowest BCUT2D eigenvalue weighted by Gasteiger charge is -2.16. The van der Waals surface area contributed by atoms with Crippen LogP contribution in [-0.2, 0) is 6.54 Å². The molecule has 0 spiro atoms. The third-order valence-corrected chi connectivity index (χ3v) is 2.54. The summed E-state index contributed by atoms with van der Waals surface area (Å²) in [7, 11) is 7.40. The van der Waals surface area contributed by atoms with E-state index in [1.165, 1.54) is 0 Å². The molecule has 2 N–H and O–H groups in total. The largest absolute Gasteiger partial charge is 0.493 e. The summed E-state index contributed by atoms with van der Waals surface area (Å²) in [6.45, 7) is 2.07. The molecule has 6 heteroatoms. The molecule has 1 atom stereocenters. The average Bonchev–Trinajstić information content (AvgIpc) is 2.69. The van der Waals surface area contributed by atoms with Crippen LogP contribution in [0.2, 0.25) is 0 Å². The Bertz CT molecular complexity index is 338. The predicted molar refractivity (Wildman–Crippen MR) is 66.2 cm³/mol. The number of ether oxygens (including phenoxy) is 1. The fourth-order valence-corrected chi connectivity index (χ4v) is 1.63. The molecule has 0 fully saturated rings. The number of methoxy groups -OCH3 is 1. The van der Waals surface area contributed by atoms with Crippen molar-refractivity contribution in [3.63, 3.8) is 0 Å². The molecule has 6 nitrogen and oxygen atoms in total. The van der Waals surface area contributed by atoms with E-state index >= 15 is 0 Å². The second kappa shape index (κ2) is 6.58. The van der Waals surface area contributed by atoms with Crippen molar-refractivity contribution in [2.75, 3.05) is 41.3 Å². The zero-order chi connectivity index (χ0) is 12.8. The maximum absolute atomic E-state index is 10.1. The van der Waals surface area contributed by atoms with Crippen LogP contribution in [0, 0.1) is 0 Å². The Morgan fingerprint density at radius 2 is 2.29 bits per heavy atom. The monoisotopic (exact) mass is 242 g/mol. The van der Waals surface area contributed by atoms with Gasteiger partial charge in [-0.05, 0) is 21.1 Å². The Morgan fingerprint density at radius 3 is 2.82 bits per heavy atom. The molecule has 1 rings (SSSR count). The molecule has 0 aliphatic heterocycles. The SMILES string of the molecule is CNCC(O)c1c(OC)cnn1CCN(C)C. The number of aliphatic hydroxyl groups excluding tert-OH is 1. The van der Waals surface area contributed by atoms with Gasteiger partial charge in [0.1, 0.15) is 11.8 Å². The zero-order valence-corrected chi connectivity index (χ0v) is 11.0. The van der Waals surface area contributed by atoms with Gasteiger partial charge in [0.15, 0.2) is 5.75 Å². The third kappa shape index (κ3) is 3.69. The highest BCUT2D eigenvalue weighted by Crippen LogP contribution is 2.24. The first-order valence-corrected chi connectivity index (χ1v) is 5.67. The van der Waals surface area contributed by atoms with Gasteiger partial charge in [0.2, 0.25) is 0 Å². The van der Waals surface area contributed by atoms with Crippen LogP contribution in [0.4, 0.5) is 0 Å². The van der Waals surface area contributed by atoms with E-state index in [9.17, 15) is 5.11 Å². The van der Waals surface area contributed by atoms with Crippen molar-refractivity contribution >= 4 is 0 Å². The number of likely N-dealkylation sites (N-methyl/N-ethyl adjacent to an activating group) is 2. The molecule has 0 radical (unpaired) electrons. The van der Waals surface area contributed by atoms with E-state index < -0.39 is 6.10 Å². The molecular weight excluding hydrogens is 220 g/mol. The summed E-state index contributed by atoms with van der Waals surface area (Å²) in [4.78, 5) is 2.07. The van der Waals surface area contributed by atoms with Gasteiger partial charge in [-0.25, -0.2) is 0 Å². The third-order valence-electron chi connectivity index (χ3n) is 2.54. The second-order valence-corrected chi connectivity index (χ2v) is 4.20. The lowest BCUT2D eigenvalue weighted by Crippen LogP contribution is -2.24. The molecule has 98 valence electrons. The Morgan fingerprint density at radius 1 is 1.59 bits per heavy atom. The minimum atomic E-state index is -0.611. The van der Waals surface area contributed by atoms with E-state index in [4.69, 9.17) is 4.74 Å². The predicted octanol–water partition coefficient (Wildman–Crippen LogP) is -0.294. The topological polar surface area (TPSA) is 62.5 Å². The molecule has 1 heterocycles. The first-order chi connectivity index (χ1) is 8.10. The molecule has 1 aromatic rings.